The monoisotopic (exact) mass is 776 g/mol. The van der Waals surface area contributed by atoms with Crippen molar-refractivity contribution in [3.63, 3.8) is 0 Å². The molecule has 1 heterocycles. The Labute approximate surface area is 331 Å². The van der Waals surface area contributed by atoms with Gasteiger partial charge in [-0.2, -0.15) is 0 Å². The van der Waals surface area contributed by atoms with E-state index in [9.17, 15) is 39.6 Å². The standard InChI is InChI=1S/C25H34O6.C21H30O4/c1-4-5-21-30-20-11-17-16-7-6-14-10-15(27)8-9-23(14,2)22(16)18(28)12-24(17,3)25(20,31-21)19(29)13-26;1-20-8-7-13(23)9-12(20)3-4-14-15-5-6-16(18(25)11-22)21(15,2)10-17(24)19(14)20/h8-10,16-18,20-22,26,28H,4-7,11-13H2,1-3H3;9,14-17,19,22,24H,3-8,10-11H2,1-2H3/t16-,17-,18-,20+,21+,22+,23-,24-,25+;14-,15-,16+,17-,19+,20-,21-/m00/s1. The number of carbonyl (C=O) groups excluding carboxylic acids is 4. The maximum absolute atomic E-state index is 13.2. The van der Waals surface area contributed by atoms with Gasteiger partial charge in [0.2, 0.25) is 0 Å². The molecule has 56 heavy (non-hydrogen) atoms. The lowest BCUT2D eigenvalue weighted by Crippen LogP contribution is -2.63. The molecule has 9 rings (SSSR count). The summed E-state index contributed by atoms with van der Waals surface area (Å²) in [6, 6.07) is 0. The largest absolute Gasteiger partial charge is 0.393 e. The zero-order valence-corrected chi connectivity index (χ0v) is 34.0. The van der Waals surface area contributed by atoms with Crippen molar-refractivity contribution in [2.45, 2.75) is 148 Å². The fraction of sp³-hybridized carbons (Fsp3) is 0.783. The molecule has 7 fully saturated rings. The number of ether oxygens (including phenoxy) is 2. The van der Waals surface area contributed by atoms with Gasteiger partial charge >= 0.3 is 0 Å². The Bertz CT molecular complexity index is 1750. The molecular formula is C46H64O10. The van der Waals surface area contributed by atoms with Gasteiger partial charge in [-0.05, 0) is 129 Å². The van der Waals surface area contributed by atoms with Crippen LogP contribution in [0.2, 0.25) is 0 Å². The van der Waals surface area contributed by atoms with Crippen molar-refractivity contribution in [2.24, 2.45) is 63.1 Å². The number of carbonyl (C=O) groups is 4. The van der Waals surface area contributed by atoms with Gasteiger partial charge in [-0.3, -0.25) is 19.2 Å². The van der Waals surface area contributed by atoms with Crippen LogP contribution >= 0.6 is 0 Å². The van der Waals surface area contributed by atoms with Gasteiger partial charge in [0.15, 0.2) is 35.0 Å². The maximum Gasteiger partial charge on any atom is 0.193 e. The Balaban J connectivity index is 0.000000161. The van der Waals surface area contributed by atoms with Crippen molar-refractivity contribution in [2.75, 3.05) is 13.2 Å². The van der Waals surface area contributed by atoms with E-state index < -0.39 is 42.2 Å². The second-order valence-electron chi connectivity index (χ2n) is 20.1. The number of rotatable bonds is 6. The molecule has 0 aromatic carbocycles. The highest BCUT2D eigenvalue weighted by molar-refractivity contribution is 6.01. The third kappa shape index (κ3) is 5.62. The first-order valence-corrected chi connectivity index (χ1v) is 21.7. The molecule has 8 aliphatic carbocycles. The van der Waals surface area contributed by atoms with E-state index in [1.807, 2.05) is 12.2 Å². The second kappa shape index (κ2) is 14.1. The van der Waals surface area contributed by atoms with Crippen molar-refractivity contribution < 1.29 is 49.1 Å². The highest BCUT2D eigenvalue weighted by Gasteiger charge is 2.75. The van der Waals surface area contributed by atoms with Gasteiger partial charge in [-0.15, -0.1) is 0 Å². The molecule has 0 aromatic rings. The quantitative estimate of drug-likeness (QED) is 0.275. The predicted molar refractivity (Wildman–Crippen MR) is 207 cm³/mol. The minimum atomic E-state index is -1.20. The smallest absolute Gasteiger partial charge is 0.193 e. The molecule has 0 bridgehead atoms. The van der Waals surface area contributed by atoms with E-state index in [-0.39, 0.29) is 75.6 Å². The highest BCUT2D eigenvalue weighted by Crippen LogP contribution is 2.70. The summed E-state index contributed by atoms with van der Waals surface area (Å²) in [7, 11) is 0. The Hall–Kier alpha value is -2.34. The molecule has 10 heteroatoms. The molecule has 1 aliphatic heterocycles. The van der Waals surface area contributed by atoms with E-state index in [1.165, 1.54) is 5.57 Å². The average molecular weight is 777 g/mol. The third-order valence-electron chi connectivity index (χ3n) is 17.8. The minimum Gasteiger partial charge on any atom is -0.393 e. The van der Waals surface area contributed by atoms with E-state index in [0.29, 0.717) is 43.9 Å². The van der Waals surface area contributed by atoms with Gasteiger partial charge < -0.3 is 29.9 Å². The van der Waals surface area contributed by atoms with E-state index in [0.717, 1.165) is 56.9 Å². The molecule has 0 radical (unpaired) electrons. The molecule has 4 N–H and O–H groups in total. The summed E-state index contributed by atoms with van der Waals surface area (Å²) >= 11 is 0. The number of fused-ring (bicyclic) bond motifs is 12. The van der Waals surface area contributed by atoms with Crippen LogP contribution in [0.3, 0.4) is 0 Å². The van der Waals surface area contributed by atoms with Gasteiger partial charge in [-0.25, -0.2) is 0 Å². The number of Topliss-reactive ketones (excluding diaryl/α,β-unsaturated/α-hetero) is 2. The molecule has 1 saturated heterocycles. The second-order valence-corrected chi connectivity index (χ2v) is 20.1. The fourth-order valence-corrected chi connectivity index (χ4v) is 15.4. The maximum atomic E-state index is 13.2. The van der Waals surface area contributed by atoms with Crippen LogP contribution < -0.4 is 0 Å². The van der Waals surface area contributed by atoms with Crippen molar-refractivity contribution in [3.8, 4) is 0 Å². The summed E-state index contributed by atoms with van der Waals surface area (Å²) in [5.41, 5.74) is -0.0676. The van der Waals surface area contributed by atoms with E-state index >= 15 is 0 Å². The normalized spacial score (nSPS) is 49.8. The molecule has 0 amide bonds. The summed E-state index contributed by atoms with van der Waals surface area (Å²) in [6.45, 7) is 9.71. The van der Waals surface area contributed by atoms with Gasteiger partial charge in [0.1, 0.15) is 13.2 Å². The van der Waals surface area contributed by atoms with Crippen LogP contribution in [0.4, 0.5) is 0 Å². The number of hydrogen-bond acceptors (Lipinski definition) is 10. The van der Waals surface area contributed by atoms with Crippen LogP contribution in [0.15, 0.2) is 35.5 Å². The lowest BCUT2D eigenvalue weighted by Gasteiger charge is -2.59. The molecule has 9 aliphatic rings. The lowest BCUT2D eigenvalue weighted by molar-refractivity contribution is -0.200. The molecule has 10 nitrogen and oxygen atoms in total. The van der Waals surface area contributed by atoms with E-state index in [2.05, 4.69) is 34.6 Å². The van der Waals surface area contributed by atoms with Crippen molar-refractivity contribution in [3.05, 3.63) is 35.5 Å². The number of ketones is 4. The summed E-state index contributed by atoms with van der Waals surface area (Å²) in [6.07, 6.45) is 15.6. The zero-order chi connectivity index (χ0) is 40.2. The number of aliphatic hydroxyl groups excluding tert-OH is 4. The van der Waals surface area contributed by atoms with Crippen LogP contribution in [0.25, 0.3) is 0 Å². The van der Waals surface area contributed by atoms with Crippen molar-refractivity contribution in [1.29, 1.82) is 0 Å². The van der Waals surface area contributed by atoms with Gasteiger partial charge in [0, 0.05) is 29.1 Å². The van der Waals surface area contributed by atoms with Crippen LogP contribution in [0, 0.1) is 63.1 Å². The van der Waals surface area contributed by atoms with Crippen LogP contribution in [-0.2, 0) is 28.7 Å². The summed E-state index contributed by atoms with van der Waals surface area (Å²) in [5, 5.41) is 41.9. The Morgan fingerprint density at radius 3 is 2.23 bits per heavy atom. The Morgan fingerprint density at radius 2 is 1.54 bits per heavy atom. The topological polar surface area (TPSA) is 168 Å². The van der Waals surface area contributed by atoms with Crippen molar-refractivity contribution in [1.82, 2.24) is 0 Å². The third-order valence-corrected chi connectivity index (χ3v) is 17.8. The number of allylic oxidation sites excluding steroid dienone is 5. The minimum absolute atomic E-state index is 0.0125. The summed E-state index contributed by atoms with van der Waals surface area (Å²) < 4.78 is 12.7. The molecule has 308 valence electrons. The lowest BCUT2D eigenvalue weighted by atomic mass is 9.46. The molecule has 16 atom stereocenters. The van der Waals surface area contributed by atoms with E-state index in [4.69, 9.17) is 9.47 Å². The SMILES string of the molecule is CCC[C@@H]1O[C@@H]2C[C@H]3[C@@H]4CCC5=CC(=O)C=C[C@]5(C)[C@H]4[C@@H](O)C[C@]3(C)[C@]2(C(=O)CO)O1.C[C@]12C[C@H](O)[C@H]3[C@@H](CCC4=CC(=O)CC[C@@]43C)[C@@H]1CC[C@@H]2C(=O)CO. The van der Waals surface area contributed by atoms with Crippen LogP contribution in [-0.4, -0.2) is 87.0 Å². The highest BCUT2D eigenvalue weighted by atomic mass is 16.7. The van der Waals surface area contributed by atoms with Crippen LogP contribution in [0.5, 0.6) is 0 Å². The molecule has 0 unspecified atom stereocenters. The first-order valence-electron chi connectivity index (χ1n) is 21.7. The van der Waals surface area contributed by atoms with Crippen molar-refractivity contribution >= 4 is 23.1 Å². The molecule has 0 aromatic heterocycles. The molecule has 6 saturated carbocycles. The van der Waals surface area contributed by atoms with Gasteiger partial charge in [0.25, 0.3) is 0 Å². The summed E-state index contributed by atoms with van der Waals surface area (Å²) in [5.74, 6) is 1.15. The number of aliphatic hydroxyl groups is 4. The Morgan fingerprint density at radius 1 is 0.839 bits per heavy atom. The molecule has 0 spiro atoms. The Kier molecular flexibility index (Phi) is 10.2. The predicted octanol–water partition coefficient (Wildman–Crippen LogP) is 5.38. The van der Waals surface area contributed by atoms with Gasteiger partial charge in [-0.1, -0.05) is 58.3 Å². The first kappa shape index (κ1) is 40.4. The first-order chi connectivity index (χ1) is 26.5. The van der Waals surface area contributed by atoms with Gasteiger partial charge in [0.05, 0.1) is 18.3 Å². The average Bonchev–Trinajstić information content (AvgIpc) is 3.78. The summed E-state index contributed by atoms with van der Waals surface area (Å²) in [4.78, 5) is 49.4. The fourth-order valence-electron chi connectivity index (χ4n) is 15.4. The number of hydrogen-bond donors (Lipinski definition) is 4. The van der Waals surface area contributed by atoms with Crippen LogP contribution in [0.1, 0.15) is 118 Å². The molecular weight excluding hydrogens is 712 g/mol. The van der Waals surface area contributed by atoms with E-state index in [1.54, 1.807) is 12.2 Å². The zero-order valence-electron chi connectivity index (χ0n) is 34.0.